The topological polar surface area (TPSA) is 66.8 Å². The van der Waals surface area contributed by atoms with E-state index < -0.39 is 18.0 Å². The zero-order chi connectivity index (χ0) is 14.4. The maximum atomic E-state index is 12.1. The second-order valence-electron chi connectivity index (χ2n) is 5.66. The number of carbonyl (C=O) groups is 2. The molecular formula is C14H25NO4. The van der Waals surface area contributed by atoms with Crippen molar-refractivity contribution in [3.8, 4) is 0 Å². The van der Waals surface area contributed by atoms with Crippen LogP contribution < -0.4 is 0 Å². The van der Waals surface area contributed by atoms with Gasteiger partial charge in [-0.05, 0) is 32.1 Å². The van der Waals surface area contributed by atoms with Crippen LogP contribution in [0, 0.1) is 11.8 Å². The fourth-order valence-electron chi connectivity index (χ4n) is 2.19. The minimum atomic E-state index is -0.814. The highest BCUT2D eigenvalue weighted by Gasteiger charge is 2.30. The smallest absolute Gasteiger partial charge is 0.308 e. The Morgan fingerprint density at radius 1 is 1.37 bits per heavy atom. The van der Waals surface area contributed by atoms with Crippen molar-refractivity contribution < 1.29 is 19.4 Å². The Morgan fingerprint density at radius 2 is 2.05 bits per heavy atom. The third-order valence-corrected chi connectivity index (χ3v) is 3.49. The number of hydrogen-bond acceptors (Lipinski definition) is 3. The zero-order valence-electron chi connectivity index (χ0n) is 12.1. The summed E-state index contributed by atoms with van der Waals surface area (Å²) in [7, 11) is 0. The van der Waals surface area contributed by atoms with Gasteiger partial charge in [0.25, 0.3) is 5.91 Å². The molecule has 1 rings (SSSR count). The Hall–Kier alpha value is -1.10. The number of rotatable bonds is 6. The number of carboxylic acid groups (broad SMARTS) is 1. The minimum Gasteiger partial charge on any atom is -0.481 e. The molecule has 0 aromatic carbocycles. The maximum Gasteiger partial charge on any atom is 0.308 e. The minimum absolute atomic E-state index is 0.0882. The van der Waals surface area contributed by atoms with Crippen LogP contribution >= 0.6 is 0 Å². The molecule has 1 saturated heterocycles. The number of likely N-dealkylation sites (tertiary alicyclic amines) is 1. The van der Waals surface area contributed by atoms with Crippen molar-refractivity contribution in [2.24, 2.45) is 11.8 Å². The summed E-state index contributed by atoms with van der Waals surface area (Å²) >= 11 is 0. The van der Waals surface area contributed by atoms with E-state index in [2.05, 4.69) is 13.8 Å². The molecular weight excluding hydrogens is 246 g/mol. The summed E-state index contributed by atoms with van der Waals surface area (Å²) in [4.78, 5) is 24.7. The van der Waals surface area contributed by atoms with Crippen LogP contribution in [-0.4, -0.2) is 47.7 Å². The highest BCUT2D eigenvalue weighted by atomic mass is 16.5. The molecule has 5 nitrogen and oxygen atoms in total. The largest absolute Gasteiger partial charge is 0.481 e. The Bertz CT molecular complexity index is 317. The predicted octanol–water partition coefficient (Wildman–Crippen LogP) is 1.76. The molecule has 0 radical (unpaired) electrons. The molecule has 5 heteroatoms. The van der Waals surface area contributed by atoms with Gasteiger partial charge < -0.3 is 14.7 Å². The highest BCUT2D eigenvalue weighted by Crippen LogP contribution is 2.18. The number of aliphatic carboxylic acids is 1. The van der Waals surface area contributed by atoms with E-state index in [0.717, 1.165) is 12.8 Å². The SMILES string of the molecule is CC(C)CCOC(C)C(=O)N1CCCC(C(=O)O)C1. The van der Waals surface area contributed by atoms with E-state index in [9.17, 15) is 9.59 Å². The number of piperidine rings is 1. The molecule has 1 amide bonds. The molecule has 19 heavy (non-hydrogen) atoms. The van der Waals surface area contributed by atoms with E-state index >= 15 is 0 Å². The van der Waals surface area contributed by atoms with E-state index in [1.165, 1.54) is 0 Å². The lowest BCUT2D eigenvalue weighted by atomic mass is 9.98. The molecule has 1 heterocycles. The summed E-state index contributed by atoms with van der Waals surface area (Å²) in [5.74, 6) is -0.783. The first-order chi connectivity index (χ1) is 8.91. The summed E-state index contributed by atoms with van der Waals surface area (Å²) in [6, 6.07) is 0. The van der Waals surface area contributed by atoms with Crippen LogP contribution in [0.1, 0.15) is 40.0 Å². The van der Waals surface area contributed by atoms with Gasteiger partial charge in [-0.3, -0.25) is 9.59 Å². The first-order valence-electron chi connectivity index (χ1n) is 7.05. The molecule has 1 fully saturated rings. The van der Waals surface area contributed by atoms with Gasteiger partial charge in [0.1, 0.15) is 6.10 Å². The molecule has 110 valence electrons. The van der Waals surface area contributed by atoms with Gasteiger partial charge in [0.05, 0.1) is 5.92 Å². The average molecular weight is 271 g/mol. The van der Waals surface area contributed by atoms with E-state index in [-0.39, 0.29) is 5.91 Å². The lowest BCUT2D eigenvalue weighted by Gasteiger charge is -2.32. The van der Waals surface area contributed by atoms with Crippen LogP contribution in [0.4, 0.5) is 0 Å². The molecule has 1 aliphatic heterocycles. The quantitative estimate of drug-likeness (QED) is 0.799. The molecule has 1 N–H and O–H groups in total. The second-order valence-corrected chi connectivity index (χ2v) is 5.66. The van der Waals surface area contributed by atoms with Gasteiger partial charge in [-0.1, -0.05) is 13.8 Å². The summed E-state index contributed by atoms with van der Waals surface area (Å²) < 4.78 is 5.52. The summed E-state index contributed by atoms with van der Waals surface area (Å²) in [5.41, 5.74) is 0. The van der Waals surface area contributed by atoms with Crippen LogP contribution in [0.15, 0.2) is 0 Å². The molecule has 0 aromatic rings. The summed E-state index contributed by atoms with van der Waals surface area (Å²) in [6.45, 7) is 7.48. The predicted molar refractivity (Wildman–Crippen MR) is 71.8 cm³/mol. The first kappa shape index (κ1) is 16.0. The molecule has 2 unspecified atom stereocenters. The van der Waals surface area contributed by atoms with Crippen molar-refractivity contribution in [2.75, 3.05) is 19.7 Å². The number of ether oxygens (including phenoxy) is 1. The second kappa shape index (κ2) is 7.48. The van der Waals surface area contributed by atoms with Gasteiger partial charge in [-0.2, -0.15) is 0 Å². The van der Waals surface area contributed by atoms with Gasteiger partial charge in [0.2, 0.25) is 0 Å². The molecule has 1 aliphatic rings. The van der Waals surface area contributed by atoms with E-state index in [0.29, 0.717) is 32.0 Å². The number of nitrogens with zero attached hydrogens (tertiary/aromatic N) is 1. The number of carbonyl (C=O) groups excluding carboxylic acids is 1. The summed E-state index contributed by atoms with van der Waals surface area (Å²) in [5, 5.41) is 9.01. The third kappa shape index (κ3) is 5.19. The van der Waals surface area contributed by atoms with Crippen LogP contribution in [0.2, 0.25) is 0 Å². The Morgan fingerprint density at radius 3 is 2.63 bits per heavy atom. The fraction of sp³-hybridized carbons (Fsp3) is 0.857. The van der Waals surface area contributed by atoms with Crippen molar-refractivity contribution in [1.82, 2.24) is 4.90 Å². The molecule has 0 aliphatic carbocycles. The Balaban J connectivity index is 2.40. The van der Waals surface area contributed by atoms with Crippen molar-refractivity contribution in [2.45, 2.75) is 46.1 Å². The Labute approximate surface area is 114 Å². The molecule has 2 atom stereocenters. The van der Waals surface area contributed by atoms with Gasteiger partial charge in [-0.25, -0.2) is 0 Å². The van der Waals surface area contributed by atoms with Crippen molar-refractivity contribution in [3.63, 3.8) is 0 Å². The summed E-state index contributed by atoms with van der Waals surface area (Å²) in [6.07, 6.45) is 1.85. The van der Waals surface area contributed by atoms with E-state index in [1.807, 2.05) is 0 Å². The molecule has 0 aromatic heterocycles. The van der Waals surface area contributed by atoms with E-state index in [4.69, 9.17) is 9.84 Å². The molecule has 0 saturated carbocycles. The Kier molecular flexibility index (Phi) is 6.28. The third-order valence-electron chi connectivity index (χ3n) is 3.49. The zero-order valence-corrected chi connectivity index (χ0v) is 12.1. The highest BCUT2D eigenvalue weighted by molar-refractivity contribution is 5.81. The normalized spacial score (nSPS) is 21.5. The number of hydrogen-bond donors (Lipinski definition) is 1. The number of amides is 1. The van der Waals surface area contributed by atoms with Gasteiger partial charge in [-0.15, -0.1) is 0 Å². The molecule has 0 spiro atoms. The number of carboxylic acids is 1. The van der Waals surface area contributed by atoms with Gasteiger partial charge in [0, 0.05) is 19.7 Å². The lowest BCUT2D eigenvalue weighted by Crippen LogP contribution is -2.46. The van der Waals surface area contributed by atoms with Gasteiger partial charge in [0.15, 0.2) is 0 Å². The van der Waals surface area contributed by atoms with E-state index in [1.54, 1.807) is 11.8 Å². The fourth-order valence-corrected chi connectivity index (χ4v) is 2.19. The van der Waals surface area contributed by atoms with Crippen molar-refractivity contribution in [3.05, 3.63) is 0 Å². The van der Waals surface area contributed by atoms with Crippen LogP contribution in [0.5, 0.6) is 0 Å². The monoisotopic (exact) mass is 271 g/mol. The van der Waals surface area contributed by atoms with Crippen molar-refractivity contribution >= 4 is 11.9 Å². The first-order valence-corrected chi connectivity index (χ1v) is 7.05. The average Bonchev–Trinajstić information content (AvgIpc) is 2.37. The van der Waals surface area contributed by atoms with Crippen LogP contribution in [0.25, 0.3) is 0 Å². The van der Waals surface area contributed by atoms with Crippen LogP contribution in [0.3, 0.4) is 0 Å². The van der Waals surface area contributed by atoms with Gasteiger partial charge >= 0.3 is 5.97 Å². The maximum absolute atomic E-state index is 12.1. The van der Waals surface area contributed by atoms with Crippen molar-refractivity contribution in [1.29, 1.82) is 0 Å². The lowest BCUT2D eigenvalue weighted by molar-refractivity contribution is -0.150. The molecule has 0 bridgehead atoms. The standard InChI is InChI=1S/C14H25NO4/c1-10(2)6-8-19-11(3)13(16)15-7-4-5-12(9-15)14(17)18/h10-12H,4-9H2,1-3H3,(H,17,18). The van der Waals surface area contributed by atoms with Crippen LogP contribution in [-0.2, 0) is 14.3 Å².